The van der Waals surface area contributed by atoms with Crippen LogP contribution in [-0.2, 0) is 6.42 Å². The van der Waals surface area contributed by atoms with E-state index in [1.54, 1.807) is 12.4 Å². The summed E-state index contributed by atoms with van der Waals surface area (Å²) < 4.78 is 1.86. The number of hydrogen-bond acceptors (Lipinski definition) is 3. The number of pyridine rings is 1. The van der Waals surface area contributed by atoms with Crippen LogP contribution in [0.5, 0.6) is 0 Å². The lowest BCUT2D eigenvalue weighted by molar-refractivity contribution is 0.0991. The van der Waals surface area contributed by atoms with Gasteiger partial charge in [0.2, 0.25) is 0 Å². The van der Waals surface area contributed by atoms with E-state index in [0.29, 0.717) is 18.0 Å². The van der Waals surface area contributed by atoms with Gasteiger partial charge in [0, 0.05) is 30.2 Å². The average Bonchev–Trinajstić information content (AvgIpc) is 2.77. The summed E-state index contributed by atoms with van der Waals surface area (Å²) in [6.45, 7) is 6.05. The highest BCUT2D eigenvalue weighted by atomic mass is 16.1. The topological polar surface area (TPSA) is 47.8 Å². The second kappa shape index (κ2) is 5.12. The van der Waals surface area contributed by atoms with Crippen LogP contribution in [-0.4, -0.2) is 20.5 Å². The van der Waals surface area contributed by atoms with Gasteiger partial charge in [0.25, 0.3) is 0 Å². The summed E-state index contributed by atoms with van der Waals surface area (Å²) >= 11 is 0. The summed E-state index contributed by atoms with van der Waals surface area (Å²) in [6, 6.07) is 4.06. The van der Waals surface area contributed by atoms with E-state index in [0.717, 1.165) is 11.3 Å². The van der Waals surface area contributed by atoms with Gasteiger partial charge < -0.3 is 0 Å². The predicted octanol–water partition coefficient (Wildman–Crippen LogP) is 2.59. The van der Waals surface area contributed by atoms with Gasteiger partial charge in [-0.1, -0.05) is 0 Å². The van der Waals surface area contributed by atoms with E-state index < -0.39 is 0 Å². The van der Waals surface area contributed by atoms with Gasteiger partial charge in [-0.3, -0.25) is 14.5 Å². The largest absolute Gasteiger partial charge is 0.294 e. The fourth-order valence-electron chi connectivity index (χ4n) is 1.73. The average molecular weight is 243 g/mol. The first-order valence-corrected chi connectivity index (χ1v) is 6.05. The Morgan fingerprint density at radius 3 is 2.78 bits per heavy atom. The minimum Gasteiger partial charge on any atom is -0.294 e. The third-order valence-corrected chi connectivity index (χ3v) is 2.73. The molecule has 4 heteroatoms. The molecule has 0 aliphatic carbocycles. The molecule has 0 N–H and O–H groups in total. The second-order valence-electron chi connectivity index (χ2n) is 4.73. The summed E-state index contributed by atoms with van der Waals surface area (Å²) in [5, 5.41) is 4.37. The van der Waals surface area contributed by atoms with Gasteiger partial charge in [-0.15, -0.1) is 0 Å². The molecule has 18 heavy (non-hydrogen) atoms. The molecule has 0 aliphatic rings. The van der Waals surface area contributed by atoms with Crippen molar-refractivity contribution in [2.24, 2.45) is 0 Å². The number of carbonyl (C=O) groups is 1. The van der Waals surface area contributed by atoms with E-state index in [1.807, 2.05) is 29.9 Å². The highest BCUT2D eigenvalue weighted by Gasteiger charge is 2.10. The van der Waals surface area contributed by atoms with Gasteiger partial charge >= 0.3 is 0 Å². The smallest absolute Gasteiger partial charge is 0.170 e. The summed E-state index contributed by atoms with van der Waals surface area (Å²) in [6.07, 6.45) is 5.58. The Balaban J connectivity index is 2.11. The van der Waals surface area contributed by atoms with Gasteiger partial charge in [-0.25, -0.2) is 0 Å². The van der Waals surface area contributed by atoms with Crippen molar-refractivity contribution in [1.82, 2.24) is 14.8 Å². The molecule has 0 amide bonds. The molecule has 0 spiro atoms. The van der Waals surface area contributed by atoms with E-state index in [1.165, 1.54) is 0 Å². The highest BCUT2D eigenvalue weighted by molar-refractivity contribution is 5.97. The lowest BCUT2D eigenvalue weighted by atomic mass is 10.1. The number of aromatic nitrogens is 3. The SMILES string of the molecule is Cc1cncc(C(=O)Cc2ccn(C(C)C)n2)c1. The molecule has 0 radical (unpaired) electrons. The van der Waals surface area contributed by atoms with Crippen molar-refractivity contribution < 1.29 is 4.79 Å². The van der Waals surface area contributed by atoms with Crippen molar-refractivity contribution in [3.05, 3.63) is 47.5 Å². The van der Waals surface area contributed by atoms with Crippen LogP contribution >= 0.6 is 0 Å². The number of carbonyl (C=O) groups excluding carboxylic acids is 1. The van der Waals surface area contributed by atoms with Gasteiger partial charge in [0.15, 0.2) is 5.78 Å². The van der Waals surface area contributed by atoms with Gasteiger partial charge in [0.05, 0.1) is 12.1 Å². The molecule has 94 valence electrons. The van der Waals surface area contributed by atoms with Gasteiger partial charge in [0.1, 0.15) is 0 Å². The number of rotatable bonds is 4. The number of Topliss-reactive ketones (excluding diaryl/α,β-unsaturated/α-hetero) is 1. The fourth-order valence-corrected chi connectivity index (χ4v) is 1.73. The Morgan fingerprint density at radius 1 is 1.39 bits per heavy atom. The van der Waals surface area contributed by atoms with Crippen molar-refractivity contribution in [2.75, 3.05) is 0 Å². The quantitative estimate of drug-likeness (QED) is 0.775. The Labute approximate surface area is 107 Å². The van der Waals surface area contributed by atoms with Crippen LogP contribution in [0, 0.1) is 6.92 Å². The maximum absolute atomic E-state index is 12.1. The molecule has 4 nitrogen and oxygen atoms in total. The van der Waals surface area contributed by atoms with E-state index in [-0.39, 0.29) is 5.78 Å². The molecular formula is C14H17N3O. The molecule has 0 atom stereocenters. The molecule has 2 rings (SSSR count). The second-order valence-corrected chi connectivity index (χ2v) is 4.73. The number of ketones is 1. The van der Waals surface area contributed by atoms with Gasteiger partial charge in [-0.05, 0) is 38.5 Å². The predicted molar refractivity (Wildman–Crippen MR) is 69.6 cm³/mol. The first kappa shape index (κ1) is 12.5. The van der Waals surface area contributed by atoms with Gasteiger partial charge in [-0.2, -0.15) is 5.10 Å². The monoisotopic (exact) mass is 243 g/mol. The summed E-state index contributed by atoms with van der Waals surface area (Å²) in [4.78, 5) is 16.1. The Hall–Kier alpha value is -1.97. The normalized spacial score (nSPS) is 10.9. The first-order chi connectivity index (χ1) is 8.56. The Bertz CT molecular complexity index is 558. The van der Waals surface area contributed by atoms with Crippen molar-refractivity contribution in [3.8, 4) is 0 Å². The third kappa shape index (κ3) is 2.83. The third-order valence-electron chi connectivity index (χ3n) is 2.73. The molecule has 2 heterocycles. The summed E-state index contributed by atoms with van der Waals surface area (Å²) in [7, 11) is 0. The maximum atomic E-state index is 12.1. The zero-order valence-corrected chi connectivity index (χ0v) is 10.9. The highest BCUT2D eigenvalue weighted by Crippen LogP contribution is 2.09. The van der Waals surface area contributed by atoms with Crippen molar-refractivity contribution in [3.63, 3.8) is 0 Å². The van der Waals surface area contributed by atoms with Crippen LogP contribution in [0.1, 0.15) is 41.5 Å². The maximum Gasteiger partial charge on any atom is 0.170 e. The van der Waals surface area contributed by atoms with E-state index >= 15 is 0 Å². The van der Waals surface area contributed by atoms with Crippen LogP contribution in [0.15, 0.2) is 30.7 Å². The summed E-state index contributed by atoms with van der Waals surface area (Å²) in [5.41, 5.74) is 2.44. The molecule has 0 unspecified atom stereocenters. The van der Waals surface area contributed by atoms with Crippen LogP contribution in [0.25, 0.3) is 0 Å². The molecule has 0 saturated carbocycles. The number of aryl methyl sites for hydroxylation is 1. The van der Waals surface area contributed by atoms with Crippen molar-refractivity contribution in [2.45, 2.75) is 33.2 Å². The number of nitrogens with zero attached hydrogens (tertiary/aromatic N) is 3. The lowest BCUT2D eigenvalue weighted by Crippen LogP contribution is -2.07. The molecule has 0 saturated heterocycles. The number of hydrogen-bond donors (Lipinski definition) is 0. The lowest BCUT2D eigenvalue weighted by Gasteiger charge is -2.03. The van der Waals surface area contributed by atoms with Crippen LogP contribution in [0.4, 0.5) is 0 Å². The molecule has 2 aromatic heterocycles. The first-order valence-electron chi connectivity index (χ1n) is 6.05. The minimum absolute atomic E-state index is 0.0557. The Kier molecular flexibility index (Phi) is 3.55. The van der Waals surface area contributed by atoms with E-state index in [2.05, 4.69) is 23.9 Å². The molecule has 0 fully saturated rings. The molecule has 0 bridgehead atoms. The zero-order valence-electron chi connectivity index (χ0n) is 10.9. The van der Waals surface area contributed by atoms with Crippen LogP contribution in [0.2, 0.25) is 0 Å². The van der Waals surface area contributed by atoms with E-state index in [4.69, 9.17) is 0 Å². The molecular weight excluding hydrogens is 226 g/mol. The van der Waals surface area contributed by atoms with Crippen molar-refractivity contribution >= 4 is 5.78 Å². The minimum atomic E-state index is 0.0557. The molecule has 0 aliphatic heterocycles. The van der Waals surface area contributed by atoms with Crippen LogP contribution < -0.4 is 0 Å². The van der Waals surface area contributed by atoms with E-state index in [9.17, 15) is 4.79 Å². The standard InChI is InChI=1S/C14H17N3O/c1-10(2)17-5-4-13(16-17)7-14(18)12-6-11(3)8-15-9-12/h4-6,8-10H,7H2,1-3H3. The summed E-state index contributed by atoms with van der Waals surface area (Å²) in [5.74, 6) is 0.0557. The van der Waals surface area contributed by atoms with Crippen LogP contribution in [0.3, 0.4) is 0 Å². The Morgan fingerprint density at radius 2 is 2.17 bits per heavy atom. The fraction of sp³-hybridized carbons (Fsp3) is 0.357. The molecule has 0 aromatic carbocycles. The van der Waals surface area contributed by atoms with Crippen molar-refractivity contribution in [1.29, 1.82) is 0 Å². The molecule has 2 aromatic rings. The zero-order chi connectivity index (χ0) is 13.1.